The van der Waals surface area contributed by atoms with E-state index in [1.165, 1.54) is 0 Å². The minimum Gasteiger partial charge on any atom is -0.393 e. The van der Waals surface area contributed by atoms with Gasteiger partial charge in [0.05, 0.1) is 10.9 Å². The second kappa shape index (κ2) is 6.30. The fourth-order valence-corrected chi connectivity index (χ4v) is 1.75. The van der Waals surface area contributed by atoms with Crippen LogP contribution in [0.2, 0.25) is 0 Å². The molecule has 0 aliphatic carbocycles. The zero-order chi connectivity index (χ0) is 12.8. The molecule has 1 heterocycles. The lowest BCUT2D eigenvalue weighted by Gasteiger charge is -2.15. The van der Waals surface area contributed by atoms with Gasteiger partial charge < -0.3 is 11.1 Å². The summed E-state index contributed by atoms with van der Waals surface area (Å²) >= 11 is 4.91. The molecular weight excluding hydrogens is 234 g/mol. The van der Waals surface area contributed by atoms with Gasteiger partial charge in [0.2, 0.25) is 5.91 Å². The number of thiocarbonyl (C=S) groups is 1. The Balaban J connectivity index is 2.77. The Labute approximate surface area is 107 Å². The first-order valence-corrected chi connectivity index (χ1v) is 5.97. The first-order chi connectivity index (χ1) is 8.06. The van der Waals surface area contributed by atoms with Gasteiger partial charge in [-0.25, -0.2) is 0 Å². The van der Waals surface area contributed by atoms with Gasteiger partial charge in [-0.3, -0.25) is 9.78 Å². The van der Waals surface area contributed by atoms with E-state index < -0.39 is 5.92 Å². The molecule has 0 saturated carbocycles. The smallest absolute Gasteiger partial charge is 0.234 e. The van der Waals surface area contributed by atoms with Crippen LogP contribution in [0.1, 0.15) is 25.3 Å². The Morgan fingerprint density at radius 3 is 2.88 bits per heavy atom. The molecule has 3 N–H and O–H groups in total. The molecule has 1 aromatic rings. The van der Waals surface area contributed by atoms with E-state index in [4.69, 9.17) is 18.0 Å². The number of amides is 1. The van der Waals surface area contributed by atoms with E-state index in [0.717, 1.165) is 17.7 Å². The minimum absolute atomic E-state index is 0.145. The van der Waals surface area contributed by atoms with Crippen molar-refractivity contribution in [2.24, 2.45) is 11.7 Å². The molecule has 0 aromatic carbocycles. The van der Waals surface area contributed by atoms with E-state index >= 15 is 0 Å². The van der Waals surface area contributed by atoms with E-state index in [-0.39, 0.29) is 10.9 Å². The highest BCUT2D eigenvalue weighted by atomic mass is 32.1. The number of anilines is 1. The summed E-state index contributed by atoms with van der Waals surface area (Å²) < 4.78 is 0. The number of nitrogens with two attached hydrogens (primary N) is 1. The molecule has 0 fully saturated rings. The maximum absolute atomic E-state index is 12.0. The molecule has 0 aliphatic heterocycles. The average molecular weight is 251 g/mol. The SMILES string of the molecule is CCCC(C(=O)Nc1ccncc1C)C(N)=S. The standard InChI is InChI=1S/C12H17N3OS/c1-3-4-9(11(13)17)12(16)15-10-5-6-14-7-8(10)2/h5-7,9H,3-4H2,1-2H3,(H2,13,17)(H,14,15,16). The highest BCUT2D eigenvalue weighted by Gasteiger charge is 2.20. The van der Waals surface area contributed by atoms with E-state index in [9.17, 15) is 4.79 Å². The zero-order valence-corrected chi connectivity index (χ0v) is 10.9. The molecule has 0 saturated heterocycles. The van der Waals surface area contributed by atoms with Gasteiger partial charge in [-0.1, -0.05) is 25.6 Å². The molecule has 0 spiro atoms. The van der Waals surface area contributed by atoms with Gasteiger partial charge in [-0.2, -0.15) is 0 Å². The van der Waals surface area contributed by atoms with Gasteiger partial charge in [0.1, 0.15) is 0 Å². The lowest BCUT2D eigenvalue weighted by Crippen LogP contribution is -2.33. The molecule has 0 bridgehead atoms. The molecule has 1 unspecified atom stereocenters. The fraction of sp³-hybridized carbons (Fsp3) is 0.417. The summed E-state index contributed by atoms with van der Waals surface area (Å²) in [5.74, 6) is -0.545. The van der Waals surface area contributed by atoms with Crippen LogP contribution in [0.3, 0.4) is 0 Å². The Morgan fingerprint density at radius 1 is 1.65 bits per heavy atom. The number of aromatic nitrogens is 1. The van der Waals surface area contributed by atoms with Crippen LogP contribution >= 0.6 is 12.2 Å². The van der Waals surface area contributed by atoms with E-state index in [2.05, 4.69) is 10.3 Å². The minimum atomic E-state index is -0.400. The van der Waals surface area contributed by atoms with Crippen LogP contribution in [0.4, 0.5) is 5.69 Å². The van der Waals surface area contributed by atoms with Gasteiger partial charge in [0, 0.05) is 18.1 Å². The maximum Gasteiger partial charge on any atom is 0.234 e. The van der Waals surface area contributed by atoms with Crippen LogP contribution in [0.25, 0.3) is 0 Å². The van der Waals surface area contributed by atoms with Crippen molar-refractivity contribution < 1.29 is 4.79 Å². The van der Waals surface area contributed by atoms with Crippen LogP contribution < -0.4 is 11.1 Å². The second-order valence-corrected chi connectivity index (χ2v) is 4.39. The molecule has 92 valence electrons. The van der Waals surface area contributed by atoms with E-state index in [1.54, 1.807) is 18.5 Å². The summed E-state index contributed by atoms with van der Waals surface area (Å²) in [6, 6.07) is 1.76. The number of aryl methyl sites for hydroxylation is 1. The predicted octanol–water partition coefficient (Wildman–Crippen LogP) is 2.03. The van der Waals surface area contributed by atoms with Crippen molar-refractivity contribution in [1.29, 1.82) is 0 Å². The van der Waals surface area contributed by atoms with Crippen molar-refractivity contribution in [1.82, 2.24) is 4.98 Å². The number of nitrogens with one attached hydrogen (secondary N) is 1. The van der Waals surface area contributed by atoms with Crippen LogP contribution in [0, 0.1) is 12.8 Å². The number of pyridine rings is 1. The Hall–Kier alpha value is -1.49. The summed E-state index contributed by atoms with van der Waals surface area (Å²) in [5.41, 5.74) is 7.24. The molecule has 1 amide bonds. The molecule has 17 heavy (non-hydrogen) atoms. The lowest BCUT2D eigenvalue weighted by atomic mass is 10.0. The molecule has 0 radical (unpaired) electrons. The second-order valence-electron chi connectivity index (χ2n) is 3.92. The molecule has 0 aliphatic rings. The number of nitrogens with zero attached hydrogens (tertiary/aromatic N) is 1. The maximum atomic E-state index is 12.0. The lowest BCUT2D eigenvalue weighted by molar-refractivity contribution is -0.118. The summed E-state index contributed by atoms with van der Waals surface area (Å²) in [6.45, 7) is 3.88. The quantitative estimate of drug-likeness (QED) is 0.786. The summed E-state index contributed by atoms with van der Waals surface area (Å²) in [6.07, 6.45) is 4.87. The van der Waals surface area contributed by atoms with Crippen LogP contribution in [0.5, 0.6) is 0 Å². The van der Waals surface area contributed by atoms with Crippen LogP contribution in [0.15, 0.2) is 18.5 Å². The van der Waals surface area contributed by atoms with Gasteiger partial charge in [0.25, 0.3) is 0 Å². The number of hydrogen-bond donors (Lipinski definition) is 2. The Kier molecular flexibility index (Phi) is 5.03. The average Bonchev–Trinajstić information content (AvgIpc) is 2.28. The molecule has 4 nitrogen and oxygen atoms in total. The number of carbonyl (C=O) groups excluding carboxylic acids is 1. The van der Waals surface area contributed by atoms with Gasteiger partial charge in [-0.05, 0) is 25.0 Å². The summed E-state index contributed by atoms with van der Waals surface area (Å²) in [4.78, 5) is 16.2. The van der Waals surface area contributed by atoms with Crippen molar-refractivity contribution in [2.75, 3.05) is 5.32 Å². The van der Waals surface area contributed by atoms with E-state index in [0.29, 0.717) is 6.42 Å². The van der Waals surface area contributed by atoms with Gasteiger partial charge in [-0.15, -0.1) is 0 Å². The summed E-state index contributed by atoms with van der Waals surface area (Å²) in [5, 5.41) is 2.83. The first kappa shape index (κ1) is 13.6. The normalized spacial score (nSPS) is 11.9. The van der Waals surface area contributed by atoms with Crippen LogP contribution in [-0.4, -0.2) is 15.9 Å². The first-order valence-electron chi connectivity index (χ1n) is 5.57. The molecule has 1 atom stereocenters. The Bertz CT molecular complexity index is 420. The molecule has 1 aromatic heterocycles. The Morgan fingerprint density at radius 2 is 2.35 bits per heavy atom. The fourth-order valence-electron chi connectivity index (χ4n) is 1.52. The monoisotopic (exact) mass is 251 g/mol. The molecular formula is C12H17N3OS. The van der Waals surface area contributed by atoms with Crippen molar-refractivity contribution in [3.05, 3.63) is 24.0 Å². The third-order valence-electron chi connectivity index (χ3n) is 2.52. The summed E-state index contributed by atoms with van der Waals surface area (Å²) in [7, 11) is 0. The third kappa shape index (κ3) is 3.78. The van der Waals surface area contributed by atoms with Gasteiger partial charge in [0.15, 0.2) is 0 Å². The largest absolute Gasteiger partial charge is 0.393 e. The van der Waals surface area contributed by atoms with Crippen LogP contribution in [-0.2, 0) is 4.79 Å². The van der Waals surface area contributed by atoms with Crippen molar-refractivity contribution in [3.8, 4) is 0 Å². The number of hydrogen-bond acceptors (Lipinski definition) is 3. The number of rotatable bonds is 5. The molecule has 1 rings (SSSR count). The van der Waals surface area contributed by atoms with Crippen molar-refractivity contribution in [2.45, 2.75) is 26.7 Å². The predicted molar refractivity (Wildman–Crippen MR) is 72.8 cm³/mol. The van der Waals surface area contributed by atoms with E-state index in [1.807, 2.05) is 13.8 Å². The van der Waals surface area contributed by atoms with Crippen molar-refractivity contribution >= 4 is 28.8 Å². The molecule has 5 heteroatoms. The number of carbonyl (C=O) groups is 1. The third-order valence-corrected chi connectivity index (χ3v) is 2.80. The van der Waals surface area contributed by atoms with Gasteiger partial charge >= 0.3 is 0 Å². The topological polar surface area (TPSA) is 68.0 Å². The van der Waals surface area contributed by atoms with Crippen molar-refractivity contribution in [3.63, 3.8) is 0 Å². The highest BCUT2D eigenvalue weighted by Crippen LogP contribution is 2.15. The highest BCUT2D eigenvalue weighted by molar-refractivity contribution is 7.80. The zero-order valence-electron chi connectivity index (χ0n) is 10.1.